The molecule has 4 N–H and O–H groups in total. The number of hydrogen-bond acceptors (Lipinski definition) is 4. The maximum absolute atomic E-state index is 11.9. The lowest BCUT2D eigenvalue weighted by molar-refractivity contribution is 0.0892. The number of carbonyl (C=O) groups is 1. The van der Waals surface area contributed by atoms with E-state index in [2.05, 4.69) is 10.4 Å². The number of hydrogen-bond donors (Lipinski definition) is 3. The van der Waals surface area contributed by atoms with Gasteiger partial charge in [0.1, 0.15) is 5.69 Å². The van der Waals surface area contributed by atoms with Crippen LogP contribution in [-0.4, -0.2) is 33.4 Å². The fourth-order valence-electron chi connectivity index (χ4n) is 1.87. The molecule has 0 aliphatic heterocycles. The summed E-state index contributed by atoms with van der Waals surface area (Å²) in [5, 5.41) is 16.4. The number of nitrogen functional groups attached to an aromatic ring is 1. The first-order valence-corrected chi connectivity index (χ1v) is 6.08. The first-order valence-electron chi connectivity index (χ1n) is 6.08. The maximum Gasteiger partial charge on any atom is 0.271 e. The van der Waals surface area contributed by atoms with E-state index in [-0.39, 0.29) is 12.5 Å². The summed E-state index contributed by atoms with van der Waals surface area (Å²) in [5.74, 6) is 0.0827. The molecule has 0 radical (unpaired) electrons. The topological polar surface area (TPSA) is 93.2 Å². The highest BCUT2D eigenvalue weighted by molar-refractivity contribution is 5.97. The van der Waals surface area contributed by atoms with E-state index in [0.717, 1.165) is 0 Å². The fraction of sp³-hybridized carbons (Fsp3) is 0.667. The Bertz CT molecular complexity index is 426. The van der Waals surface area contributed by atoms with Crippen molar-refractivity contribution in [1.29, 1.82) is 0 Å². The van der Waals surface area contributed by atoms with Gasteiger partial charge in [0.15, 0.2) is 0 Å². The highest BCUT2D eigenvalue weighted by Gasteiger charge is 2.18. The van der Waals surface area contributed by atoms with Crippen molar-refractivity contribution in [3.05, 3.63) is 11.4 Å². The Labute approximate surface area is 107 Å². The van der Waals surface area contributed by atoms with E-state index in [4.69, 9.17) is 5.73 Å². The molecule has 0 saturated carbocycles. The van der Waals surface area contributed by atoms with Gasteiger partial charge in [-0.05, 0) is 19.3 Å². The molecule has 0 saturated heterocycles. The molecular formula is C12H22N4O2. The van der Waals surface area contributed by atoms with Crippen LogP contribution >= 0.6 is 0 Å². The number of aryl methyl sites for hydroxylation is 2. The van der Waals surface area contributed by atoms with Gasteiger partial charge in [0, 0.05) is 13.6 Å². The molecule has 102 valence electrons. The molecule has 6 heteroatoms. The summed E-state index contributed by atoms with van der Waals surface area (Å²) in [7, 11) is 1.67. The molecule has 1 atom stereocenters. The van der Waals surface area contributed by atoms with Gasteiger partial charge in [-0.2, -0.15) is 5.10 Å². The Kier molecular flexibility index (Phi) is 4.72. The standard InChI is InChI=1S/C12H22N4O2/c1-7(2)5-9(17)6-14-12(18)11-10(13)8(3)15-16(11)4/h7,9,17H,5-6,13H2,1-4H3,(H,14,18). The Morgan fingerprint density at radius 1 is 1.56 bits per heavy atom. The van der Waals surface area contributed by atoms with Crippen LogP contribution in [0.15, 0.2) is 0 Å². The van der Waals surface area contributed by atoms with Crippen molar-refractivity contribution in [2.75, 3.05) is 12.3 Å². The maximum atomic E-state index is 11.9. The quantitative estimate of drug-likeness (QED) is 0.711. The number of nitrogens with one attached hydrogen (secondary N) is 1. The van der Waals surface area contributed by atoms with Gasteiger partial charge in [-0.3, -0.25) is 9.48 Å². The second-order valence-corrected chi connectivity index (χ2v) is 4.96. The van der Waals surface area contributed by atoms with Crippen molar-refractivity contribution < 1.29 is 9.90 Å². The second kappa shape index (κ2) is 5.86. The Morgan fingerprint density at radius 2 is 2.17 bits per heavy atom. The highest BCUT2D eigenvalue weighted by Crippen LogP contribution is 2.14. The lowest BCUT2D eigenvalue weighted by Crippen LogP contribution is -2.34. The molecule has 6 nitrogen and oxygen atoms in total. The van der Waals surface area contributed by atoms with E-state index in [9.17, 15) is 9.90 Å². The number of aliphatic hydroxyl groups is 1. The number of anilines is 1. The van der Waals surface area contributed by atoms with Crippen molar-refractivity contribution in [1.82, 2.24) is 15.1 Å². The molecule has 0 fully saturated rings. The molecule has 1 heterocycles. The van der Waals surface area contributed by atoms with Crippen molar-refractivity contribution in [2.45, 2.75) is 33.3 Å². The number of nitrogens with zero attached hydrogens (tertiary/aromatic N) is 2. The third kappa shape index (κ3) is 3.46. The van der Waals surface area contributed by atoms with Gasteiger partial charge in [-0.1, -0.05) is 13.8 Å². The molecule has 0 aliphatic carbocycles. The minimum atomic E-state index is -0.538. The van der Waals surface area contributed by atoms with Crippen molar-refractivity contribution in [3.63, 3.8) is 0 Å². The van der Waals surface area contributed by atoms with E-state index in [1.165, 1.54) is 4.68 Å². The smallest absolute Gasteiger partial charge is 0.271 e. The van der Waals surface area contributed by atoms with E-state index >= 15 is 0 Å². The highest BCUT2D eigenvalue weighted by atomic mass is 16.3. The molecule has 0 aromatic carbocycles. The number of nitrogens with two attached hydrogens (primary N) is 1. The lowest BCUT2D eigenvalue weighted by atomic mass is 10.1. The number of rotatable bonds is 5. The van der Waals surface area contributed by atoms with E-state index in [1.54, 1.807) is 14.0 Å². The van der Waals surface area contributed by atoms with E-state index < -0.39 is 6.10 Å². The van der Waals surface area contributed by atoms with Crippen LogP contribution in [0.25, 0.3) is 0 Å². The number of amides is 1. The van der Waals surface area contributed by atoms with Crippen LogP contribution in [-0.2, 0) is 7.05 Å². The summed E-state index contributed by atoms with van der Waals surface area (Å²) < 4.78 is 1.45. The summed E-state index contributed by atoms with van der Waals surface area (Å²) in [6.07, 6.45) is 0.115. The fourth-order valence-corrected chi connectivity index (χ4v) is 1.87. The third-order valence-electron chi connectivity index (χ3n) is 2.73. The number of aromatic nitrogens is 2. The Balaban J connectivity index is 2.61. The minimum absolute atomic E-state index is 0.223. The number of carbonyl (C=O) groups excluding carboxylic acids is 1. The predicted molar refractivity (Wildman–Crippen MR) is 70.2 cm³/mol. The zero-order valence-corrected chi connectivity index (χ0v) is 11.4. The van der Waals surface area contributed by atoms with Crippen LogP contribution in [0.1, 0.15) is 36.5 Å². The molecular weight excluding hydrogens is 232 g/mol. The SMILES string of the molecule is Cc1nn(C)c(C(=O)NCC(O)CC(C)C)c1N. The summed E-state index contributed by atoms with van der Waals surface area (Å²) in [6, 6.07) is 0. The van der Waals surface area contributed by atoms with Crippen LogP contribution in [0.2, 0.25) is 0 Å². The first-order chi connectivity index (χ1) is 8.32. The summed E-state index contributed by atoms with van der Waals surface area (Å²) in [4.78, 5) is 11.9. The van der Waals surface area contributed by atoms with Gasteiger partial charge in [0.2, 0.25) is 0 Å². The molecule has 0 bridgehead atoms. The average molecular weight is 254 g/mol. The third-order valence-corrected chi connectivity index (χ3v) is 2.73. The molecule has 0 aliphatic rings. The zero-order valence-electron chi connectivity index (χ0n) is 11.4. The molecule has 0 spiro atoms. The van der Waals surface area contributed by atoms with Crippen molar-refractivity contribution in [3.8, 4) is 0 Å². The molecule has 18 heavy (non-hydrogen) atoms. The molecule has 1 amide bonds. The second-order valence-electron chi connectivity index (χ2n) is 4.96. The summed E-state index contributed by atoms with van der Waals surface area (Å²) in [6.45, 7) is 6.02. The lowest BCUT2D eigenvalue weighted by Gasteiger charge is -2.14. The van der Waals surface area contributed by atoms with Crippen LogP contribution in [0.3, 0.4) is 0 Å². The number of aliphatic hydroxyl groups excluding tert-OH is 1. The van der Waals surface area contributed by atoms with Crippen LogP contribution in [0.4, 0.5) is 5.69 Å². The normalized spacial score (nSPS) is 12.8. The predicted octanol–water partition coefficient (Wildman–Crippen LogP) is 0.448. The molecule has 1 aromatic heterocycles. The summed E-state index contributed by atoms with van der Waals surface area (Å²) in [5.41, 5.74) is 7.13. The molecule has 1 unspecified atom stereocenters. The first kappa shape index (κ1) is 14.5. The monoisotopic (exact) mass is 254 g/mol. The van der Waals surface area contributed by atoms with Crippen LogP contribution in [0, 0.1) is 12.8 Å². The van der Waals surface area contributed by atoms with E-state index in [1.807, 2.05) is 13.8 Å². The Hall–Kier alpha value is -1.56. The van der Waals surface area contributed by atoms with Gasteiger partial charge >= 0.3 is 0 Å². The Morgan fingerprint density at radius 3 is 2.61 bits per heavy atom. The van der Waals surface area contributed by atoms with Gasteiger partial charge in [0.25, 0.3) is 5.91 Å². The van der Waals surface area contributed by atoms with E-state index in [0.29, 0.717) is 29.4 Å². The van der Waals surface area contributed by atoms with Gasteiger partial charge in [0.05, 0.1) is 17.5 Å². The zero-order chi connectivity index (χ0) is 13.9. The van der Waals surface area contributed by atoms with Gasteiger partial charge < -0.3 is 16.2 Å². The molecule has 1 rings (SSSR count). The van der Waals surface area contributed by atoms with Crippen LogP contribution in [0.5, 0.6) is 0 Å². The van der Waals surface area contributed by atoms with Crippen molar-refractivity contribution in [2.24, 2.45) is 13.0 Å². The van der Waals surface area contributed by atoms with Crippen LogP contribution < -0.4 is 11.1 Å². The van der Waals surface area contributed by atoms with Gasteiger partial charge in [-0.15, -0.1) is 0 Å². The summed E-state index contributed by atoms with van der Waals surface area (Å²) >= 11 is 0. The van der Waals surface area contributed by atoms with Crippen molar-refractivity contribution >= 4 is 11.6 Å². The molecule has 1 aromatic rings. The average Bonchev–Trinajstić information content (AvgIpc) is 2.49. The minimum Gasteiger partial charge on any atom is -0.395 e. The largest absolute Gasteiger partial charge is 0.395 e. The van der Waals surface area contributed by atoms with Gasteiger partial charge in [-0.25, -0.2) is 0 Å².